The largest absolute Gasteiger partial charge is 0.491 e. The minimum absolute atomic E-state index is 0.0772. The van der Waals surface area contributed by atoms with E-state index in [1.165, 1.54) is 0 Å². The first-order valence-corrected chi connectivity index (χ1v) is 6.81. The number of nitrogens with one attached hydrogen (secondary N) is 1. The third-order valence-electron chi connectivity index (χ3n) is 2.46. The molecular formula is C15H26N2O2. The van der Waals surface area contributed by atoms with Crippen LogP contribution < -0.4 is 10.1 Å². The molecular weight excluding hydrogens is 240 g/mol. The van der Waals surface area contributed by atoms with Gasteiger partial charge in [0.15, 0.2) is 0 Å². The molecule has 1 rings (SSSR count). The predicted molar refractivity (Wildman–Crippen MR) is 77.4 cm³/mol. The molecule has 0 atom stereocenters. The molecule has 0 aliphatic carbocycles. The van der Waals surface area contributed by atoms with Crippen molar-refractivity contribution in [3.8, 4) is 5.75 Å². The van der Waals surface area contributed by atoms with Crippen LogP contribution >= 0.6 is 0 Å². The fraction of sp³-hybridized carbons (Fsp3) is 0.667. The zero-order valence-corrected chi connectivity index (χ0v) is 12.7. The number of pyridine rings is 1. The SMILES string of the molecule is CC(C)OCCOc1ccncc1CNC(C)(C)C. The molecule has 1 aromatic heterocycles. The minimum Gasteiger partial charge on any atom is -0.491 e. The van der Waals surface area contributed by atoms with Crippen molar-refractivity contribution in [2.45, 2.75) is 52.8 Å². The summed E-state index contributed by atoms with van der Waals surface area (Å²) in [5.41, 5.74) is 1.15. The lowest BCUT2D eigenvalue weighted by Gasteiger charge is -2.21. The summed E-state index contributed by atoms with van der Waals surface area (Å²) in [7, 11) is 0. The first-order chi connectivity index (χ1) is 8.88. The Morgan fingerprint density at radius 2 is 2.00 bits per heavy atom. The first-order valence-electron chi connectivity index (χ1n) is 6.81. The second-order valence-corrected chi connectivity index (χ2v) is 5.85. The highest BCUT2D eigenvalue weighted by Gasteiger charge is 2.11. The van der Waals surface area contributed by atoms with Crippen LogP contribution in [0.5, 0.6) is 5.75 Å². The molecule has 0 saturated carbocycles. The Morgan fingerprint density at radius 3 is 2.63 bits per heavy atom. The average Bonchev–Trinajstić information content (AvgIpc) is 2.32. The van der Waals surface area contributed by atoms with Gasteiger partial charge in [-0.1, -0.05) is 0 Å². The highest BCUT2D eigenvalue weighted by molar-refractivity contribution is 5.30. The summed E-state index contributed by atoms with van der Waals surface area (Å²) in [6, 6.07) is 1.90. The maximum atomic E-state index is 5.75. The van der Waals surface area contributed by atoms with Crippen molar-refractivity contribution in [2.24, 2.45) is 0 Å². The molecule has 0 amide bonds. The van der Waals surface area contributed by atoms with Gasteiger partial charge in [0, 0.05) is 30.0 Å². The van der Waals surface area contributed by atoms with E-state index in [-0.39, 0.29) is 11.6 Å². The highest BCUT2D eigenvalue weighted by atomic mass is 16.5. The van der Waals surface area contributed by atoms with E-state index in [1.54, 1.807) is 6.20 Å². The molecule has 0 unspecified atom stereocenters. The molecule has 19 heavy (non-hydrogen) atoms. The summed E-state index contributed by atoms with van der Waals surface area (Å²) in [5.74, 6) is 0.874. The predicted octanol–water partition coefficient (Wildman–Crippen LogP) is 2.77. The zero-order valence-electron chi connectivity index (χ0n) is 12.7. The Morgan fingerprint density at radius 1 is 1.26 bits per heavy atom. The Labute approximate surface area is 116 Å². The van der Waals surface area contributed by atoms with Gasteiger partial charge >= 0.3 is 0 Å². The molecule has 4 nitrogen and oxygen atoms in total. The van der Waals surface area contributed by atoms with Crippen LogP contribution in [0.1, 0.15) is 40.2 Å². The minimum atomic E-state index is 0.0772. The van der Waals surface area contributed by atoms with Crippen LogP contribution in [0.3, 0.4) is 0 Å². The third-order valence-corrected chi connectivity index (χ3v) is 2.46. The standard InChI is InChI=1S/C15H26N2O2/c1-12(2)18-8-9-19-14-6-7-16-10-13(14)11-17-15(3,4)5/h6-7,10,12,17H,8-9,11H2,1-5H3. The van der Waals surface area contributed by atoms with Crippen LogP contribution in [-0.2, 0) is 11.3 Å². The maximum Gasteiger partial charge on any atom is 0.126 e. The Balaban J connectivity index is 2.48. The molecule has 0 aromatic carbocycles. The van der Waals surface area contributed by atoms with Gasteiger partial charge in [0.25, 0.3) is 0 Å². The van der Waals surface area contributed by atoms with Gasteiger partial charge in [-0.25, -0.2) is 0 Å². The molecule has 0 radical (unpaired) electrons. The fourth-order valence-electron chi connectivity index (χ4n) is 1.48. The molecule has 1 heterocycles. The van der Waals surface area contributed by atoms with Gasteiger partial charge in [-0.2, -0.15) is 0 Å². The molecule has 0 fully saturated rings. The Hall–Kier alpha value is -1.13. The van der Waals surface area contributed by atoms with E-state index in [9.17, 15) is 0 Å². The van der Waals surface area contributed by atoms with Crippen molar-refractivity contribution in [3.63, 3.8) is 0 Å². The number of nitrogens with zero attached hydrogens (tertiary/aromatic N) is 1. The van der Waals surface area contributed by atoms with Crippen LogP contribution in [0.15, 0.2) is 18.5 Å². The van der Waals surface area contributed by atoms with E-state index < -0.39 is 0 Å². The molecule has 1 N–H and O–H groups in total. The average molecular weight is 266 g/mol. The van der Waals surface area contributed by atoms with Gasteiger partial charge in [0.1, 0.15) is 12.4 Å². The normalized spacial score (nSPS) is 11.9. The molecule has 4 heteroatoms. The second kappa shape index (κ2) is 7.46. The number of hydrogen-bond acceptors (Lipinski definition) is 4. The molecule has 0 bridgehead atoms. The number of rotatable bonds is 7. The molecule has 1 aromatic rings. The quantitative estimate of drug-likeness (QED) is 0.771. The summed E-state index contributed by atoms with van der Waals surface area (Å²) in [4.78, 5) is 4.15. The number of ether oxygens (including phenoxy) is 2. The van der Waals surface area contributed by atoms with E-state index in [1.807, 2.05) is 26.1 Å². The number of hydrogen-bond donors (Lipinski definition) is 1. The Bertz CT molecular complexity index is 373. The lowest BCUT2D eigenvalue weighted by Crippen LogP contribution is -2.35. The summed E-state index contributed by atoms with van der Waals surface area (Å²) in [5, 5.41) is 3.44. The van der Waals surface area contributed by atoms with Gasteiger partial charge < -0.3 is 14.8 Å². The van der Waals surface area contributed by atoms with Gasteiger partial charge in [-0.15, -0.1) is 0 Å². The van der Waals surface area contributed by atoms with Crippen molar-refractivity contribution in [1.82, 2.24) is 10.3 Å². The monoisotopic (exact) mass is 266 g/mol. The van der Waals surface area contributed by atoms with Gasteiger partial charge in [0.2, 0.25) is 0 Å². The van der Waals surface area contributed by atoms with Crippen molar-refractivity contribution in [1.29, 1.82) is 0 Å². The van der Waals surface area contributed by atoms with Crippen molar-refractivity contribution in [2.75, 3.05) is 13.2 Å². The second-order valence-electron chi connectivity index (χ2n) is 5.85. The fourth-order valence-corrected chi connectivity index (χ4v) is 1.48. The van der Waals surface area contributed by atoms with Crippen LogP contribution in [0, 0.1) is 0 Å². The topological polar surface area (TPSA) is 43.4 Å². The molecule has 108 valence electrons. The van der Waals surface area contributed by atoms with E-state index in [4.69, 9.17) is 9.47 Å². The Kier molecular flexibility index (Phi) is 6.25. The summed E-state index contributed by atoms with van der Waals surface area (Å²) >= 11 is 0. The lowest BCUT2D eigenvalue weighted by molar-refractivity contribution is 0.0550. The van der Waals surface area contributed by atoms with E-state index in [0.717, 1.165) is 17.9 Å². The molecule has 0 saturated heterocycles. The van der Waals surface area contributed by atoms with Gasteiger partial charge in [-0.05, 0) is 40.7 Å². The van der Waals surface area contributed by atoms with Gasteiger partial charge in [0.05, 0.1) is 12.7 Å². The van der Waals surface area contributed by atoms with Crippen molar-refractivity contribution in [3.05, 3.63) is 24.0 Å². The van der Waals surface area contributed by atoms with E-state index in [0.29, 0.717) is 13.2 Å². The molecule has 0 spiro atoms. The van der Waals surface area contributed by atoms with Crippen LogP contribution in [-0.4, -0.2) is 29.8 Å². The van der Waals surface area contributed by atoms with Crippen molar-refractivity contribution >= 4 is 0 Å². The van der Waals surface area contributed by atoms with Crippen molar-refractivity contribution < 1.29 is 9.47 Å². The van der Waals surface area contributed by atoms with Gasteiger partial charge in [-0.3, -0.25) is 4.98 Å². The molecule has 0 aliphatic rings. The highest BCUT2D eigenvalue weighted by Crippen LogP contribution is 2.17. The first kappa shape index (κ1) is 15.9. The summed E-state index contributed by atoms with van der Waals surface area (Å²) in [6.07, 6.45) is 3.83. The van der Waals surface area contributed by atoms with Crippen LogP contribution in [0.2, 0.25) is 0 Å². The maximum absolute atomic E-state index is 5.75. The third kappa shape index (κ3) is 7.13. The number of aromatic nitrogens is 1. The molecule has 0 aliphatic heterocycles. The van der Waals surface area contributed by atoms with Crippen LogP contribution in [0.4, 0.5) is 0 Å². The van der Waals surface area contributed by atoms with Crippen LogP contribution in [0.25, 0.3) is 0 Å². The zero-order chi connectivity index (χ0) is 14.3. The van der Waals surface area contributed by atoms with E-state index >= 15 is 0 Å². The van der Waals surface area contributed by atoms with E-state index in [2.05, 4.69) is 31.1 Å². The summed E-state index contributed by atoms with van der Waals surface area (Å²) < 4.78 is 11.2. The summed E-state index contributed by atoms with van der Waals surface area (Å²) in [6.45, 7) is 12.4. The smallest absolute Gasteiger partial charge is 0.126 e. The lowest BCUT2D eigenvalue weighted by atomic mass is 10.1.